The van der Waals surface area contributed by atoms with Crippen LogP contribution in [0.25, 0.3) is 0 Å². The Morgan fingerprint density at radius 1 is 1.59 bits per heavy atom. The van der Waals surface area contributed by atoms with E-state index in [2.05, 4.69) is 0 Å². The van der Waals surface area contributed by atoms with E-state index in [0.29, 0.717) is 24.1 Å². The second kappa shape index (κ2) is 4.06. The molecule has 1 N–H and O–H groups in total. The summed E-state index contributed by atoms with van der Waals surface area (Å²) in [6.07, 6.45) is 1.84. The van der Waals surface area contributed by atoms with Crippen molar-refractivity contribution in [2.75, 3.05) is 20.6 Å². The number of likely N-dealkylation sites (N-methyl/N-ethyl adjacent to an activating group) is 1. The van der Waals surface area contributed by atoms with Crippen LogP contribution in [0.4, 0.5) is 0 Å². The van der Waals surface area contributed by atoms with Gasteiger partial charge in [-0.1, -0.05) is 18.2 Å². The molecule has 2 bridgehead atoms. The number of piperidine rings is 1. The fraction of sp³-hybridized carbons (Fsp3) is 0.556. The SMILES string of the molecule is [2H]OC1C=C[C@]2([2H])[C@@]34CCN(C)[C@]2([2H])Cc2c([2H])c([2H])c(OC([2H])([2H])[2H])c(c23)OC14. The largest absolute Gasteiger partial charge is 0.493 e. The maximum absolute atomic E-state index is 9.47. The van der Waals surface area contributed by atoms with Gasteiger partial charge in [0.25, 0.3) is 0 Å². The summed E-state index contributed by atoms with van der Waals surface area (Å²) >= 11 is 0. The molecular formula is C18H21NO3. The molecule has 0 aromatic heterocycles. The van der Waals surface area contributed by atoms with Crippen LogP contribution in [0, 0.1) is 5.89 Å². The van der Waals surface area contributed by atoms with Gasteiger partial charge in [-0.25, -0.2) is 0 Å². The summed E-state index contributed by atoms with van der Waals surface area (Å²) in [4.78, 5) is 1.78. The smallest absolute Gasteiger partial charge is 0.211 e. The number of nitrogens with zero attached hydrogens (tertiary/aromatic N) is 1. The van der Waals surface area contributed by atoms with Gasteiger partial charge in [-0.05, 0) is 38.0 Å². The Kier molecular flexibility index (Phi) is 1.36. The van der Waals surface area contributed by atoms with Crippen LogP contribution in [-0.4, -0.2) is 50.3 Å². The lowest BCUT2D eigenvalue weighted by Gasteiger charge is -2.56. The summed E-state index contributed by atoms with van der Waals surface area (Å²) in [5.74, 6) is -1.82. The first kappa shape index (κ1) is 7.37. The molecule has 2 aliphatic carbocycles. The number of hydrogen-bond donors (Lipinski definition) is 1. The zero-order valence-corrected chi connectivity index (χ0v) is 12.1. The zero-order chi connectivity index (χ0) is 21.9. The molecule has 0 saturated carbocycles. The van der Waals surface area contributed by atoms with Crippen molar-refractivity contribution in [3.8, 4) is 11.5 Å². The van der Waals surface area contributed by atoms with Gasteiger partial charge in [-0.3, -0.25) is 0 Å². The van der Waals surface area contributed by atoms with Gasteiger partial charge in [-0.2, -0.15) is 0 Å². The third-order valence-electron chi connectivity index (χ3n) is 5.53. The van der Waals surface area contributed by atoms with Crippen molar-refractivity contribution in [2.45, 2.75) is 36.5 Å². The Labute approximate surface area is 141 Å². The van der Waals surface area contributed by atoms with E-state index in [9.17, 15) is 2.74 Å². The highest BCUT2D eigenvalue weighted by Gasteiger charge is 2.64. The van der Waals surface area contributed by atoms with Crippen molar-refractivity contribution in [3.05, 3.63) is 35.4 Å². The molecule has 0 amide bonds. The number of methoxy groups -OCH3 is 1. The van der Waals surface area contributed by atoms with E-state index in [-0.39, 0.29) is 24.0 Å². The third-order valence-corrected chi connectivity index (χ3v) is 5.53. The van der Waals surface area contributed by atoms with Crippen molar-refractivity contribution in [1.82, 2.24) is 4.90 Å². The number of hydrogen-bond acceptors (Lipinski definition) is 4. The molecular weight excluding hydrogens is 278 g/mol. The van der Waals surface area contributed by atoms with Crippen molar-refractivity contribution < 1.29 is 24.2 Å². The van der Waals surface area contributed by atoms with Gasteiger partial charge in [0.1, 0.15) is 12.2 Å². The van der Waals surface area contributed by atoms with E-state index in [1.54, 1.807) is 24.1 Å². The number of likely N-dealkylation sites (tertiary alicyclic amines) is 1. The minimum absolute atomic E-state index is 0.0165. The molecule has 1 aromatic carbocycles. The standard InChI is InChI=1S/C18H21NO3/c1-19-8-7-18-11-4-5-13(20)17(18)22-16-14(21-2)6-3-10(15(16)18)9-12(11)19/h3-6,11-13,17,20H,7-9H2,1-2H3/t11-,12+,13?,17?,18-/m0/s1/i2D3,3D,6D,11D,12D,20D. The minimum Gasteiger partial charge on any atom is -0.493 e. The van der Waals surface area contributed by atoms with E-state index in [1.807, 2.05) is 0 Å². The summed E-state index contributed by atoms with van der Waals surface area (Å²) in [5.41, 5.74) is -0.259. The molecule has 0 radical (unpaired) electrons. The first-order valence-corrected chi connectivity index (χ1v) is 7.46. The first-order valence-electron chi connectivity index (χ1n) is 11.4. The van der Waals surface area contributed by atoms with Gasteiger partial charge in [0, 0.05) is 25.6 Å². The number of ether oxygens (including phenoxy) is 2. The lowest BCUT2D eigenvalue weighted by atomic mass is 9.53. The van der Waals surface area contributed by atoms with Crippen LogP contribution >= 0.6 is 0 Å². The van der Waals surface area contributed by atoms with Crippen LogP contribution in [0.5, 0.6) is 11.5 Å². The van der Waals surface area contributed by atoms with Gasteiger partial charge in [0.05, 0.1) is 13.9 Å². The number of rotatable bonds is 2. The monoisotopic (exact) mass is 307 g/mol. The van der Waals surface area contributed by atoms with Crippen molar-refractivity contribution in [3.63, 3.8) is 0 Å². The Morgan fingerprint density at radius 3 is 3.41 bits per heavy atom. The predicted octanol–water partition coefficient (Wildman–Crippen LogP) is 1.50. The van der Waals surface area contributed by atoms with E-state index in [0.717, 1.165) is 0 Å². The van der Waals surface area contributed by atoms with Crippen LogP contribution in [-0.2, 0) is 11.8 Å². The Hall–Kier alpha value is -1.52. The summed E-state index contributed by atoms with van der Waals surface area (Å²) in [5, 5.41) is 4.88. The molecule has 5 atom stereocenters. The fourth-order valence-electron chi connectivity index (χ4n) is 4.57. The van der Waals surface area contributed by atoms with Gasteiger partial charge in [0.2, 0.25) is 1.43 Å². The lowest BCUT2D eigenvalue weighted by molar-refractivity contribution is -0.0453. The average molecular weight is 307 g/mol. The molecule has 2 unspecified atom stereocenters. The second-order valence-corrected chi connectivity index (χ2v) is 6.41. The molecule has 116 valence electrons. The van der Waals surface area contributed by atoms with Gasteiger partial charge >= 0.3 is 0 Å². The second-order valence-electron chi connectivity index (χ2n) is 6.41. The maximum Gasteiger partial charge on any atom is 0.211 e. The zero-order valence-electron chi connectivity index (χ0n) is 20.1. The molecule has 1 fully saturated rings. The Bertz CT molecular complexity index is 983. The van der Waals surface area contributed by atoms with Crippen LogP contribution in [0.3, 0.4) is 0 Å². The van der Waals surface area contributed by atoms with Gasteiger partial charge in [-0.15, -0.1) is 0 Å². The highest BCUT2D eigenvalue weighted by molar-refractivity contribution is 5.62. The highest BCUT2D eigenvalue weighted by atomic mass is 16.5. The molecule has 4 aliphatic rings. The van der Waals surface area contributed by atoms with E-state index in [4.69, 9.17) is 22.9 Å². The summed E-state index contributed by atoms with van der Waals surface area (Å²) in [7, 11) is -1.09. The van der Waals surface area contributed by atoms with Crippen LogP contribution in [0.1, 0.15) is 27.1 Å². The molecule has 22 heavy (non-hydrogen) atoms. The minimum atomic E-state index is -2.86. The molecule has 1 saturated heterocycles. The number of aliphatic hydroxyl groups excluding tert-OH is 1. The normalized spacial score (nSPS) is 53.5. The van der Waals surface area contributed by atoms with E-state index < -0.39 is 42.6 Å². The van der Waals surface area contributed by atoms with Crippen LogP contribution < -0.4 is 9.47 Å². The fourth-order valence-corrected chi connectivity index (χ4v) is 4.57. The molecule has 2 aliphatic heterocycles. The van der Waals surface area contributed by atoms with Crippen molar-refractivity contribution in [1.29, 1.82) is 1.43 Å². The average Bonchev–Trinajstić information content (AvgIpc) is 3.01. The summed E-state index contributed by atoms with van der Waals surface area (Å²) < 4.78 is 76.9. The Morgan fingerprint density at radius 2 is 2.55 bits per heavy atom. The maximum atomic E-state index is 9.47. The van der Waals surface area contributed by atoms with Crippen LogP contribution in [0.2, 0.25) is 0 Å². The number of benzene rings is 1. The van der Waals surface area contributed by atoms with Gasteiger partial charge in [0.15, 0.2) is 11.5 Å². The van der Waals surface area contributed by atoms with Crippen molar-refractivity contribution in [2.24, 2.45) is 5.89 Å². The van der Waals surface area contributed by atoms with E-state index in [1.165, 1.54) is 0 Å². The number of aliphatic hydroxyl groups is 1. The highest BCUT2D eigenvalue weighted by Crippen LogP contribution is 2.62. The summed E-state index contributed by atoms with van der Waals surface area (Å²) in [6, 6.07) is -2.07. The Balaban J connectivity index is 1.88. The van der Waals surface area contributed by atoms with E-state index >= 15 is 0 Å². The molecule has 2 heterocycles. The third kappa shape index (κ3) is 1.28. The molecule has 1 aromatic rings. The topological polar surface area (TPSA) is 41.9 Å². The molecule has 1 spiro atoms. The first-order chi connectivity index (χ1) is 13.9. The quantitative estimate of drug-likeness (QED) is 0.841. The van der Waals surface area contributed by atoms with Crippen LogP contribution in [0.15, 0.2) is 24.2 Å². The molecule has 4 heteroatoms. The molecule has 4 nitrogen and oxygen atoms in total. The molecule has 5 rings (SSSR count). The lowest BCUT2D eigenvalue weighted by Crippen LogP contribution is -2.64. The van der Waals surface area contributed by atoms with Crippen molar-refractivity contribution >= 4 is 0 Å². The predicted molar refractivity (Wildman–Crippen MR) is 82.5 cm³/mol. The summed E-state index contributed by atoms with van der Waals surface area (Å²) in [6.45, 7) is 0.479. The van der Waals surface area contributed by atoms with Gasteiger partial charge < -0.3 is 19.5 Å².